The molecule has 0 spiro atoms. The first-order chi connectivity index (χ1) is 9.19. The van der Waals surface area contributed by atoms with E-state index < -0.39 is 0 Å². The second-order valence-electron chi connectivity index (χ2n) is 4.30. The molecule has 0 aliphatic heterocycles. The number of halogens is 1. The van der Waals surface area contributed by atoms with Crippen molar-refractivity contribution < 1.29 is 4.39 Å². The third-order valence-electron chi connectivity index (χ3n) is 2.58. The number of hydrogen-bond acceptors (Lipinski definition) is 4. The molecule has 1 aromatic carbocycles. The highest BCUT2D eigenvalue weighted by molar-refractivity contribution is 5.58. The van der Waals surface area contributed by atoms with Crippen molar-refractivity contribution in [2.75, 3.05) is 17.2 Å². The number of anilines is 3. The Morgan fingerprint density at radius 2 is 2.11 bits per heavy atom. The number of nitrogens with one attached hydrogen (secondary N) is 2. The summed E-state index contributed by atoms with van der Waals surface area (Å²) in [5.41, 5.74) is 1.29. The normalized spacial score (nSPS) is 10.3. The Morgan fingerprint density at radius 1 is 1.26 bits per heavy atom. The molecule has 1 heterocycles. The molecule has 100 valence electrons. The fourth-order valence-electron chi connectivity index (χ4n) is 1.61. The fourth-order valence-corrected chi connectivity index (χ4v) is 1.61. The van der Waals surface area contributed by atoms with Crippen molar-refractivity contribution in [3.05, 3.63) is 41.8 Å². The molecule has 0 atom stereocenters. The molecular formula is C14H17FN4. The van der Waals surface area contributed by atoms with Crippen LogP contribution in [0.4, 0.5) is 21.8 Å². The topological polar surface area (TPSA) is 49.8 Å². The van der Waals surface area contributed by atoms with E-state index in [2.05, 4.69) is 27.5 Å². The summed E-state index contributed by atoms with van der Waals surface area (Å²) in [7, 11) is 0. The van der Waals surface area contributed by atoms with Crippen LogP contribution in [0.5, 0.6) is 0 Å². The van der Waals surface area contributed by atoms with Crippen LogP contribution in [0.25, 0.3) is 0 Å². The van der Waals surface area contributed by atoms with E-state index in [1.807, 2.05) is 13.0 Å². The zero-order valence-corrected chi connectivity index (χ0v) is 11.1. The summed E-state index contributed by atoms with van der Waals surface area (Å²) in [5.74, 6) is 0.817. The molecule has 0 unspecified atom stereocenters. The molecule has 0 fully saturated rings. The lowest BCUT2D eigenvalue weighted by atomic mass is 10.2. The summed E-state index contributed by atoms with van der Waals surface area (Å²) in [4.78, 5) is 8.37. The van der Waals surface area contributed by atoms with Crippen LogP contribution >= 0.6 is 0 Å². The minimum Gasteiger partial charge on any atom is -0.354 e. The molecular weight excluding hydrogens is 243 g/mol. The van der Waals surface area contributed by atoms with Crippen LogP contribution in [0.2, 0.25) is 0 Å². The average Bonchev–Trinajstić information content (AvgIpc) is 2.40. The molecule has 0 bridgehead atoms. The van der Waals surface area contributed by atoms with Crippen molar-refractivity contribution >= 4 is 17.5 Å². The Hall–Kier alpha value is -2.17. The Kier molecular flexibility index (Phi) is 4.28. The minimum absolute atomic E-state index is 0.290. The van der Waals surface area contributed by atoms with Crippen molar-refractivity contribution in [1.82, 2.24) is 9.97 Å². The maximum Gasteiger partial charge on any atom is 0.224 e. The van der Waals surface area contributed by atoms with Gasteiger partial charge in [0, 0.05) is 12.7 Å². The third kappa shape index (κ3) is 3.64. The molecule has 4 nitrogen and oxygen atoms in total. The van der Waals surface area contributed by atoms with Crippen LogP contribution in [0.1, 0.15) is 18.9 Å². The molecule has 0 aliphatic rings. The van der Waals surface area contributed by atoms with E-state index >= 15 is 0 Å². The zero-order valence-electron chi connectivity index (χ0n) is 11.1. The summed E-state index contributed by atoms with van der Waals surface area (Å²) < 4.78 is 13.7. The number of benzene rings is 1. The highest BCUT2D eigenvalue weighted by atomic mass is 19.1. The number of aryl methyl sites for hydroxylation is 1. The average molecular weight is 260 g/mol. The molecule has 2 rings (SSSR count). The number of rotatable bonds is 5. The molecule has 19 heavy (non-hydrogen) atoms. The van der Waals surface area contributed by atoms with Crippen LogP contribution in [0.15, 0.2) is 30.5 Å². The molecule has 0 saturated carbocycles. The lowest BCUT2D eigenvalue weighted by molar-refractivity contribution is 0.630. The maximum atomic E-state index is 13.7. The largest absolute Gasteiger partial charge is 0.354 e. The van der Waals surface area contributed by atoms with Gasteiger partial charge in [0.15, 0.2) is 0 Å². The molecule has 0 aliphatic carbocycles. The lowest BCUT2D eigenvalue weighted by Gasteiger charge is -2.09. The molecule has 5 heteroatoms. The monoisotopic (exact) mass is 260 g/mol. The van der Waals surface area contributed by atoms with Gasteiger partial charge in [-0.3, -0.25) is 0 Å². The van der Waals surface area contributed by atoms with Crippen molar-refractivity contribution in [3.8, 4) is 0 Å². The minimum atomic E-state index is -0.290. The first-order valence-corrected chi connectivity index (χ1v) is 6.29. The highest BCUT2D eigenvalue weighted by Crippen LogP contribution is 2.19. The van der Waals surface area contributed by atoms with E-state index in [0.29, 0.717) is 17.5 Å². The second-order valence-corrected chi connectivity index (χ2v) is 4.30. The smallest absolute Gasteiger partial charge is 0.224 e. The number of nitrogens with zero attached hydrogens (tertiary/aromatic N) is 2. The summed E-state index contributed by atoms with van der Waals surface area (Å²) in [6.45, 7) is 4.73. The van der Waals surface area contributed by atoms with Crippen molar-refractivity contribution in [2.24, 2.45) is 0 Å². The summed E-state index contributed by atoms with van der Waals surface area (Å²) in [6.07, 6.45) is 2.63. The Balaban J connectivity index is 2.14. The summed E-state index contributed by atoms with van der Waals surface area (Å²) >= 11 is 0. The van der Waals surface area contributed by atoms with Gasteiger partial charge in [-0.25, -0.2) is 9.37 Å². The van der Waals surface area contributed by atoms with Gasteiger partial charge in [-0.15, -0.1) is 0 Å². The SMILES string of the molecule is CCCNc1nccc(Nc2ccc(C)cc2F)n1. The van der Waals surface area contributed by atoms with Gasteiger partial charge >= 0.3 is 0 Å². The zero-order chi connectivity index (χ0) is 13.7. The predicted octanol–water partition coefficient (Wildman–Crippen LogP) is 3.49. The third-order valence-corrected chi connectivity index (χ3v) is 2.58. The molecule has 0 saturated heterocycles. The Morgan fingerprint density at radius 3 is 2.84 bits per heavy atom. The van der Waals surface area contributed by atoms with Crippen LogP contribution < -0.4 is 10.6 Å². The van der Waals surface area contributed by atoms with E-state index in [0.717, 1.165) is 18.5 Å². The van der Waals surface area contributed by atoms with Crippen molar-refractivity contribution in [1.29, 1.82) is 0 Å². The predicted molar refractivity (Wildman–Crippen MR) is 75.2 cm³/mol. The Bertz CT molecular complexity index is 557. The van der Waals surface area contributed by atoms with Gasteiger partial charge in [0.1, 0.15) is 11.6 Å². The van der Waals surface area contributed by atoms with Crippen LogP contribution in [0.3, 0.4) is 0 Å². The highest BCUT2D eigenvalue weighted by Gasteiger charge is 2.04. The molecule has 0 amide bonds. The van der Waals surface area contributed by atoms with Gasteiger partial charge in [0.25, 0.3) is 0 Å². The van der Waals surface area contributed by atoms with Gasteiger partial charge in [-0.1, -0.05) is 13.0 Å². The lowest BCUT2D eigenvalue weighted by Crippen LogP contribution is -2.05. The fraction of sp³-hybridized carbons (Fsp3) is 0.286. The number of aromatic nitrogens is 2. The maximum absolute atomic E-state index is 13.7. The van der Waals surface area contributed by atoms with Crippen molar-refractivity contribution in [3.63, 3.8) is 0 Å². The number of hydrogen-bond donors (Lipinski definition) is 2. The van der Waals surface area contributed by atoms with E-state index in [-0.39, 0.29) is 5.82 Å². The van der Waals surface area contributed by atoms with E-state index in [4.69, 9.17) is 0 Å². The van der Waals surface area contributed by atoms with E-state index in [9.17, 15) is 4.39 Å². The quantitative estimate of drug-likeness (QED) is 0.864. The van der Waals surface area contributed by atoms with Gasteiger partial charge in [-0.05, 0) is 37.1 Å². The van der Waals surface area contributed by atoms with Crippen LogP contribution in [-0.4, -0.2) is 16.5 Å². The summed E-state index contributed by atoms with van der Waals surface area (Å²) in [6, 6.07) is 6.74. The molecule has 0 radical (unpaired) electrons. The summed E-state index contributed by atoms with van der Waals surface area (Å²) in [5, 5.41) is 6.04. The molecule has 1 aromatic heterocycles. The van der Waals surface area contributed by atoms with E-state index in [1.165, 1.54) is 6.07 Å². The van der Waals surface area contributed by atoms with Gasteiger partial charge in [0.2, 0.25) is 5.95 Å². The van der Waals surface area contributed by atoms with Gasteiger partial charge in [-0.2, -0.15) is 4.98 Å². The molecule has 2 aromatic rings. The Labute approximate surface area is 112 Å². The standard InChI is InChI=1S/C14H17FN4/c1-3-7-16-14-17-8-6-13(19-14)18-12-5-4-10(2)9-11(12)15/h4-6,8-9H,3,7H2,1-2H3,(H2,16,17,18,19). The van der Waals surface area contributed by atoms with Gasteiger partial charge < -0.3 is 10.6 Å². The van der Waals surface area contributed by atoms with Crippen LogP contribution in [0, 0.1) is 12.7 Å². The first kappa shape index (κ1) is 13.3. The van der Waals surface area contributed by atoms with Crippen molar-refractivity contribution in [2.45, 2.75) is 20.3 Å². The van der Waals surface area contributed by atoms with Crippen LogP contribution in [-0.2, 0) is 0 Å². The van der Waals surface area contributed by atoms with E-state index in [1.54, 1.807) is 18.3 Å². The second kappa shape index (κ2) is 6.13. The van der Waals surface area contributed by atoms with Gasteiger partial charge in [0.05, 0.1) is 5.69 Å². The first-order valence-electron chi connectivity index (χ1n) is 6.29. The molecule has 2 N–H and O–H groups in total.